The molecular weight excluding hydrogens is 200 g/mol. The van der Waals surface area contributed by atoms with Gasteiger partial charge in [-0.05, 0) is 24.1 Å². The molecule has 16 heavy (non-hydrogen) atoms. The first kappa shape index (κ1) is 12.5. The molecule has 0 aromatic heterocycles. The Morgan fingerprint density at radius 3 is 2.75 bits per heavy atom. The van der Waals surface area contributed by atoms with Gasteiger partial charge in [-0.15, -0.1) is 0 Å². The van der Waals surface area contributed by atoms with Crippen LogP contribution < -0.4 is 0 Å². The van der Waals surface area contributed by atoms with Crippen LogP contribution in [0.4, 0.5) is 0 Å². The fourth-order valence-corrected chi connectivity index (χ4v) is 1.16. The van der Waals surface area contributed by atoms with Crippen LogP contribution in [0.5, 0.6) is 0 Å². The van der Waals surface area contributed by atoms with Gasteiger partial charge in [-0.25, -0.2) is 0 Å². The zero-order chi connectivity index (χ0) is 11.6. The van der Waals surface area contributed by atoms with Gasteiger partial charge in [0.05, 0.1) is 26.1 Å². The summed E-state index contributed by atoms with van der Waals surface area (Å²) in [5.74, 6) is 0. The van der Waals surface area contributed by atoms with Crippen LogP contribution in [0.15, 0.2) is 54.8 Å². The van der Waals surface area contributed by atoms with E-state index in [9.17, 15) is 0 Å². The Balaban J connectivity index is 2.18. The molecule has 2 nitrogen and oxygen atoms in total. The number of hydrogen-bond acceptors (Lipinski definition) is 2. The van der Waals surface area contributed by atoms with Crippen molar-refractivity contribution in [2.75, 3.05) is 13.2 Å². The summed E-state index contributed by atoms with van der Waals surface area (Å²) >= 11 is 0. The van der Waals surface area contributed by atoms with E-state index >= 15 is 0 Å². The van der Waals surface area contributed by atoms with Crippen molar-refractivity contribution in [3.05, 3.63) is 60.4 Å². The molecule has 0 amide bonds. The highest BCUT2D eigenvalue weighted by molar-refractivity contribution is 5.15. The lowest BCUT2D eigenvalue weighted by Crippen LogP contribution is -1.96. The molecule has 0 aliphatic carbocycles. The van der Waals surface area contributed by atoms with Crippen molar-refractivity contribution < 1.29 is 9.47 Å². The monoisotopic (exact) mass is 218 g/mol. The molecule has 0 aliphatic heterocycles. The summed E-state index contributed by atoms with van der Waals surface area (Å²) < 4.78 is 10.6. The molecule has 0 bridgehead atoms. The highest BCUT2D eigenvalue weighted by Crippen LogP contribution is 2.02. The van der Waals surface area contributed by atoms with Gasteiger partial charge in [-0.1, -0.05) is 36.9 Å². The first-order chi connectivity index (χ1) is 7.83. The van der Waals surface area contributed by atoms with Crippen LogP contribution in [0.3, 0.4) is 0 Å². The first-order valence-electron chi connectivity index (χ1n) is 5.40. The maximum Gasteiger partial charge on any atom is 0.0845 e. The van der Waals surface area contributed by atoms with E-state index in [0.717, 1.165) is 5.57 Å². The second kappa shape index (κ2) is 7.71. The third-order valence-electron chi connectivity index (χ3n) is 1.97. The minimum absolute atomic E-state index is 0.526. The average Bonchev–Trinajstić information content (AvgIpc) is 2.31. The molecule has 0 unspecified atom stereocenters. The predicted molar refractivity (Wildman–Crippen MR) is 66.0 cm³/mol. The third-order valence-corrected chi connectivity index (χ3v) is 1.97. The Labute approximate surface area is 97.2 Å². The van der Waals surface area contributed by atoms with Gasteiger partial charge in [-0.3, -0.25) is 0 Å². The van der Waals surface area contributed by atoms with Gasteiger partial charge in [0.15, 0.2) is 0 Å². The van der Waals surface area contributed by atoms with E-state index in [-0.39, 0.29) is 0 Å². The van der Waals surface area contributed by atoms with Crippen molar-refractivity contribution in [2.45, 2.75) is 13.5 Å². The summed E-state index contributed by atoms with van der Waals surface area (Å²) in [5, 5.41) is 0. The van der Waals surface area contributed by atoms with Crippen molar-refractivity contribution in [1.82, 2.24) is 0 Å². The van der Waals surface area contributed by atoms with Crippen molar-refractivity contribution in [3.8, 4) is 0 Å². The number of rotatable bonds is 7. The highest BCUT2D eigenvalue weighted by atomic mass is 16.5. The molecule has 0 N–H and O–H groups in total. The van der Waals surface area contributed by atoms with Crippen LogP contribution in [-0.4, -0.2) is 13.2 Å². The molecule has 2 heteroatoms. The van der Waals surface area contributed by atoms with E-state index in [4.69, 9.17) is 9.47 Å². The van der Waals surface area contributed by atoms with Gasteiger partial charge >= 0.3 is 0 Å². The summed E-state index contributed by atoms with van der Waals surface area (Å²) in [7, 11) is 0. The third kappa shape index (κ3) is 5.37. The molecule has 86 valence electrons. The van der Waals surface area contributed by atoms with Crippen LogP contribution in [0.25, 0.3) is 0 Å². The summed E-state index contributed by atoms with van der Waals surface area (Å²) in [5.41, 5.74) is 2.08. The van der Waals surface area contributed by atoms with E-state index in [1.54, 1.807) is 6.26 Å². The number of ether oxygens (including phenoxy) is 2. The van der Waals surface area contributed by atoms with Crippen LogP contribution in [0.1, 0.15) is 12.5 Å². The van der Waals surface area contributed by atoms with Crippen molar-refractivity contribution in [1.29, 1.82) is 0 Å². The molecule has 1 aromatic carbocycles. The summed E-state index contributed by atoms with van der Waals surface area (Å²) in [6, 6.07) is 10.1. The molecule has 0 atom stereocenters. The summed E-state index contributed by atoms with van der Waals surface area (Å²) in [4.78, 5) is 0. The number of benzene rings is 1. The van der Waals surface area contributed by atoms with Gasteiger partial charge in [0.1, 0.15) is 0 Å². The SMILES string of the molecule is C=C(/C=C\OCC)COCc1ccccc1. The smallest absolute Gasteiger partial charge is 0.0845 e. The molecule has 0 saturated carbocycles. The standard InChI is InChI=1S/C14H18O2/c1-3-15-10-9-13(2)11-16-12-14-7-5-4-6-8-14/h4-10H,2-3,11-12H2,1H3/b10-9-. The minimum Gasteiger partial charge on any atom is -0.501 e. The van der Waals surface area contributed by atoms with E-state index in [1.165, 1.54) is 5.56 Å². The van der Waals surface area contributed by atoms with Crippen molar-refractivity contribution in [3.63, 3.8) is 0 Å². The number of hydrogen-bond donors (Lipinski definition) is 0. The molecule has 1 rings (SSSR count). The van der Waals surface area contributed by atoms with Gasteiger partial charge in [-0.2, -0.15) is 0 Å². The van der Waals surface area contributed by atoms with Gasteiger partial charge in [0, 0.05) is 0 Å². The second-order valence-corrected chi connectivity index (χ2v) is 3.39. The largest absolute Gasteiger partial charge is 0.501 e. The molecule has 0 fully saturated rings. The Kier molecular flexibility index (Phi) is 6.04. The Morgan fingerprint density at radius 2 is 2.06 bits per heavy atom. The zero-order valence-electron chi connectivity index (χ0n) is 9.69. The Bertz CT molecular complexity index is 328. The fourth-order valence-electron chi connectivity index (χ4n) is 1.16. The fraction of sp³-hybridized carbons (Fsp3) is 0.286. The molecule has 0 spiro atoms. The summed E-state index contributed by atoms with van der Waals surface area (Å²) in [6.07, 6.45) is 3.47. The Morgan fingerprint density at radius 1 is 1.31 bits per heavy atom. The van der Waals surface area contributed by atoms with Gasteiger partial charge < -0.3 is 9.47 Å². The lowest BCUT2D eigenvalue weighted by molar-refractivity contribution is 0.144. The molecule has 0 saturated heterocycles. The quantitative estimate of drug-likeness (QED) is 0.516. The second-order valence-electron chi connectivity index (χ2n) is 3.39. The molecule has 1 aromatic rings. The van der Waals surface area contributed by atoms with E-state index < -0.39 is 0 Å². The van der Waals surface area contributed by atoms with Crippen LogP contribution in [0.2, 0.25) is 0 Å². The first-order valence-corrected chi connectivity index (χ1v) is 5.40. The van der Waals surface area contributed by atoms with Crippen molar-refractivity contribution in [2.24, 2.45) is 0 Å². The van der Waals surface area contributed by atoms with Crippen LogP contribution >= 0.6 is 0 Å². The maximum absolute atomic E-state index is 5.51. The van der Waals surface area contributed by atoms with E-state index in [2.05, 4.69) is 6.58 Å². The molecular formula is C14H18O2. The molecule has 0 heterocycles. The van der Waals surface area contributed by atoms with Crippen LogP contribution in [0, 0.1) is 0 Å². The normalized spacial score (nSPS) is 10.6. The van der Waals surface area contributed by atoms with E-state index in [0.29, 0.717) is 19.8 Å². The predicted octanol–water partition coefficient (Wildman–Crippen LogP) is 3.31. The zero-order valence-corrected chi connectivity index (χ0v) is 9.69. The summed E-state index contributed by atoms with van der Waals surface area (Å²) in [6.45, 7) is 7.62. The van der Waals surface area contributed by atoms with Gasteiger partial charge in [0.2, 0.25) is 0 Å². The topological polar surface area (TPSA) is 18.5 Å². The Hall–Kier alpha value is -1.54. The average molecular weight is 218 g/mol. The van der Waals surface area contributed by atoms with Crippen LogP contribution in [-0.2, 0) is 16.1 Å². The van der Waals surface area contributed by atoms with E-state index in [1.807, 2.05) is 43.3 Å². The molecule has 0 aliphatic rings. The highest BCUT2D eigenvalue weighted by Gasteiger charge is 1.92. The lowest BCUT2D eigenvalue weighted by atomic mass is 10.2. The minimum atomic E-state index is 0.526. The lowest BCUT2D eigenvalue weighted by Gasteiger charge is -2.04. The van der Waals surface area contributed by atoms with Crippen molar-refractivity contribution >= 4 is 0 Å². The van der Waals surface area contributed by atoms with Gasteiger partial charge in [0.25, 0.3) is 0 Å². The molecule has 0 radical (unpaired) electrons. The maximum atomic E-state index is 5.51.